The fourth-order valence-corrected chi connectivity index (χ4v) is 5.55. The number of carbonyl (C=O) groups is 2. The van der Waals surface area contributed by atoms with Crippen LogP contribution in [-0.4, -0.2) is 59.2 Å². The molecule has 3 fully saturated rings. The first-order valence-electron chi connectivity index (χ1n) is 12.0. The summed E-state index contributed by atoms with van der Waals surface area (Å²) in [5.41, 5.74) is -3.51. The van der Waals surface area contributed by atoms with Gasteiger partial charge in [-0.05, 0) is 46.1 Å². The topological polar surface area (TPSA) is 110 Å². The van der Waals surface area contributed by atoms with Crippen LogP contribution in [0.15, 0.2) is 17.1 Å². The van der Waals surface area contributed by atoms with E-state index in [9.17, 15) is 19.5 Å². The Balaban J connectivity index is 1.62. The quantitative estimate of drug-likeness (QED) is 0.440. The Hall–Kier alpha value is -3.05. The van der Waals surface area contributed by atoms with Crippen molar-refractivity contribution in [3.8, 4) is 0 Å². The Morgan fingerprint density at radius 3 is 2.67 bits per heavy atom. The fraction of sp³-hybridized carbons (Fsp3) is 0.560. The van der Waals surface area contributed by atoms with E-state index in [0.717, 1.165) is 12.3 Å². The standard InChI is InChI=1S/C25H29F2N3O6/c1-24(2,3)36-23(28-12-31)25-11-29(9-13(25)6-7-35-25)20-17(26)8-15-19(18(20)27)30(14-4-5-14)10-16(21(15)32)22(33)34/h8,10,12-14,23H,4-7,9,11H2,1-3H3,(H,28,31)(H,33,34). The van der Waals surface area contributed by atoms with Crippen molar-refractivity contribution in [1.29, 1.82) is 0 Å². The van der Waals surface area contributed by atoms with Gasteiger partial charge in [-0.25, -0.2) is 13.6 Å². The van der Waals surface area contributed by atoms with Crippen LogP contribution in [0.4, 0.5) is 14.5 Å². The van der Waals surface area contributed by atoms with E-state index in [1.54, 1.807) is 0 Å². The van der Waals surface area contributed by atoms with Gasteiger partial charge in [0.05, 0.1) is 23.0 Å². The van der Waals surface area contributed by atoms with E-state index in [-0.39, 0.29) is 41.6 Å². The Labute approximate surface area is 206 Å². The van der Waals surface area contributed by atoms with Gasteiger partial charge in [0.1, 0.15) is 22.7 Å². The zero-order chi connectivity index (χ0) is 26.0. The summed E-state index contributed by atoms with van der Waals surface area (Å²) in [6, 6.07) is 0.767. The molecule has 3 heterocycles. The molecule has 9 nitrogen and oxygen atoms in total. The second-order valence-corrected chi connectivity index (χ2v) is 10.8. The molecule has 1 aromatic carbocycles. The molecule has 0 bridgehead atoms. The van der Waals surface area contributed by atoms with E-state index in [1.807, 2.05) is 20.8 Å². The van der Waals surface area contributed by atoms with Crippen LogP contribution in [0.2, 0.25) is 0 Å². The number of hydrogen-bond acceptors (Lipinski definition) is 6. The molecule has 3 atom stereocenters. The van der Waals surface area contributed by atoms with Crippen LogP contribution in [0.3, 0.4) is 0 Å². The Kier molecular flexibility index (Phi) is 5.83. The van der Waals surface area contributed by atoms with Gasteiger partial charge < -0.3 is 29.4 Å². The van der Waals surface area contributed by atoms with Crippen LogP contribution in [0.1, 0.15) is 56.4 Å². The molecule has 3 unspecified atom stereocenters. The third-order valence-corrected chi connectivity index (χ3v) is 7.21. The lowest BCUT2D eigenvalue weighted by molar-refractivity contribution is -0.178. The van der Waals surface area contributed by atoms with Crippen LogP contribution in [0, 0.1) is 17.6 Å². The smallest absolute Gasteiger partial charge is 0.341 e. The number of hydrogen-bond donors (Lipinski definition) is 2. The first kappa shape index (κ1) is 24.6. The molecule has 2 N–H and O–H groups in total. The maximum Gasteiger partial charge on any atom is 0.341 e. The minimum Gasteiger partial charge on any atom is -0.477 e. The van der Waals surface area contributed by atoms with Crippen LogP contribution in [0.25, 0.3) is 10.9 Å². The number of amides is 1. The Bertz CT molecular complexity index is 1300. The number of fused-ring (bicyclic) bond motifs is 2. The van der Waals surface area contributed by atoms with Gasteiger partial charge in [-0.15, -0.1) is 0 Å². The summed E-state index contributed by atoms with van der Waals surface area (Å²) in [7, 11) is 0. The molecule has 2 aromatic rings. The van der Waals surface area contributed by atoms with Gasteiger partial charge in [0.2, 0.25) is 11.8 Å². The van der Waals surface area contributed by atoms with Crippen molar-refractivity contribution in [2.24, 2.45) is 5.92 Å². The van der Waals surface area contributed by atoms with Gasteiger partial charge in [-0.1, -0.05) is 0 Å². The van der Waals surface area contributed by atoms with Crippen molar-refractivity contribution in [2.75, 3.05) is 24.6 Å². The number of carboxylic acids is 1. The van der Waals surface area contributed by atoms with Crippen molar-refractivity contribution >= 4 is 29.0 Å². The highest BCUT2D eigenvalue weighted by Gasteiger charge is 2.58. The molecule has 0 radical (unpaired) electrons. The first-order chi connectivity index (χ1) is 17.0. The molecule has 5 rings (SSSR count). The van der Waals surface area contributed by atoms with Crippen molar-refractivity contribution in [3.63, 3.8) is 0 Å². The van der Waals surface area contributed by atoms with Crippen molar-refractivity contribution in [1.82, 2.24) is 9.88 Å². The third-order valence-electron chi connectivity index (χ3n) is 7.21. The zero-order valence-corrected chi connectivity index (χ0v) is 20.3. The molecular weight excluding hydrogens is 476 g/mol. The van der Waals surface area contributed by atoms with E-state index in [1.165, 1.54) is 9.47 Å². The molecule has 1 aromatic heterocycles. The molecule has 1 saturated carbocycles. The number of rotatable bonds is 7. The normalized spacial score (nSPS) is 24.7. The number of pyridine rings is 1. The number of nitrogens with zero attached hydrogens (tertiary/aromatic N) is 2. The van der Waals surface area contributed by atoms with Crippen LogP contribution in [0.5, 0.6) is 0 Å². The number of carbonyl (C=O) groups excluding carboxylic acids is 1. The molecule has 1 aliphatic carbocycles. The summed E-state index contributed by atoms with van der Waals surface area (Å²) in [5, 5.41) is 11.8. The number of ether oxygens (including phenoxy) is 2. The molecule has 2 aliphatic heterocycles. The lowest BCUT2D eigenvalue weighted by Crippen LogP contribution is -2.58. The highest BCUT2D eigenvalue weighted by molar-refractivity contribution is 5.94. The molecular formula is C25H29F2N3O6. The summed E-state index contributed by atoms with van der Waals surface area (Å²) < 4.78 is 45.3. The number of halogens is 2. The van der Waals surface area contributed by atoms with Crippen LogP contribution in [-0.2, 0) is 14.3 Å². The number of nitrogens with one attached hydrogen (secondary N) is 1. The summed E-state index contributed by atoms with van der Waals surface area (Å²) in [6.07, 6.45) is 2.86. The van der Waals surface area contributed by atoms with Crippen LogP contribution >= 0.6 is 0 Å². The van der Waals surface area contributed by atoms with Gasteiger partial charge in [-0.3, -0.25) is 9.59 Å². The predicted octanol–water partition coefficient (Wildman–Crippen LogP) is 2.80. The monoisotopic (exact) mass is 505 g/mol. The Morgan fingerprint density at radius 1 is 1.33 bits per heavy atom. The third kappa shape index (κ3) is 3.94. The summed E-state index contributed by atoms with van der Waals surface area (Å²) in [5.74, 6) is -3.50. The average Bonchev–Trinajstić information content (AvgIpc) is 3.44. The fourth-order valence-electron chi connectivity index (χ4n) is 5.55. The van der Waals surface area contributed by atoms with E-state index < -0.39 is 46.0 Å². The molecule has 194 valence electrons. The molecule has 36 heavy (non-hydrogen) atoms. The van der Waals surface area contributed by atoms with Gasteiger partial charge >= 0.3 is 5.97 Å². The lowest BCUT2D eigenvalue weighted by atomic mass is 9.88. The van der Waals surface area contributed by atoms with Gasteiger partial charge in [0.25, 0.3) is 0 Å². The maximum absolute atomic E-state index is 16.1. The van der Waals surface area contributed by atoms with Gasteiger partial charge in [-0.2, -0.15) is 0 Å². The van der Waals surface area contributed by atoms with Crippen molar-refractivity contribution in [2.45, 2.75) is 63.5 Å². The zero-order valence-electron chi connectivity index (χ0n) is 20.3. The summed E-state index contributed by atoms with van der Waals surface area (Å²) in [4.78, 5) is 37.3. The van der Waals surface area contributed by atoms with E-state index in [4.69, 9.17) is 9.47 Å². The average molecular weight is 506 g/mol. The highest BCUT2D eigenvalue weighted by Crippen LogP contribution is 2.46. The molecule has 2 saturated heterocycles. The second-order valence-electron chi connectivity index (χ2n) is 10.8. The maximum atomic E-state index is 16.1. The number of anilines is 1. The minimum absolute atomic E-state index is 0.0550. The molecule has 0 spiro atoms. The number of aromatic nitrogens is 1. The molecule has 1 amide bonds. The van der Waals surface area contributed by atoms with Crippen molar-refractivity contribution < 1.29 is 33.0 Å². The van der Waals surface area contributed by atoms with Gasteiger partial charge in [0, 0.05) is 31.3 Å². The van der Waals surface area contributed by atoms with Crippen LogP contribution < -0.4 is 15.6 Å². The summed E-state index contributed by atoms with van der Waals surface area (Å²) >= 11 is 0. The lowest BCUT2D eigenvalue weighted by Gasteiger charge is -2.39. The van der Waals surface area contributed by atoms with Crippen molar-refractivity contribution in [3.05, 3.63) is 39.7 Å². The predicted molar refractivity (Wildman–Crippen MR) is 126 cm³/mol. The Morgan fingerprint density at radius 2 is 2.06 bits per heavy atom. The highest BCUT2D eigenvalue weighted by atomic mass is 19.1. The van der Waals surface area contributed by atoms with E-state index >= 15 is 8.78 Å². The SMILES string of the molecule is CC(C)(C)OC(NC=O)C12CN(c3c(F)cc4c(=O)c(C(=O)O)cn(C5CC5)c4c3F)CC1CCO2. The molecule has 11 heteroatoms. The molecule has 3 aliphatic rings. The van der Waals surface area contributed by atoms with E-state index in [0.29, 0.717) is 32.3 Å². The number of aromatic carboxylic acids is 1. The van der Waals surface area contributed by atoms with E-state index in [2.05, 4.69) is 5.32 Å². The first-order valence-corrected chi connectivity index (χ1v) is 12.0. The largest absolute Gasteiger partial charge is 0.477 e. The number of benzene rings is 1. The minimum atomic E-state index is -1.44. The van der Waals surface area contributed by atoms with Gasteiger partial charge in [0.15, 0.2) is 12.0 Å². The summed E-state index contributed by atoms with van der Waals surface area (Å²) in [6.45, 7) is 6.25. The number of carboxylic acid groups (broad SMARTS) is 1. The second kappa shape index (κ2) is 8.52.